The van der Waals surface area contributed by atoms with Gasteiger partial charge in [0.25, 0.3) is 5.91 Å². The number of carbonyl (C=O) groups excluding carboxylic acids is 1. The summed E-state index contributed by atoms with van der Waals surface area (Å²) in [7, 11) is 3.93. The Bertz CT molecular complexity index is 624. The van der Waals surface area contributed by atoms with Gasteiger partial charge in [-0.15, -0.1) is 0 Å². The van der Waals surface area contributed by atoms with Crippen LogP contribution in [0.2, 0.25) is 0 Å². The van der Waals surface area contributed by atoms with E-state index >= 15 is 0 Å². The van der Waals surface area contributed by atoms with Crippen molar-refractivity contribution in [3.8, 4) is 0 Å². The van der Waals surface area contributed by atoms with Crippen LogP contribution in [0.3, 0.4) is 0 Å². The highest BCUT2D eigenvalue weighted by atomic mass is 16.3. The maximum Gasteiger partial charge on any atom is 0.257 e. The molecule has 0 fully saturated rings. The Morgan fingerprint density at radius 1 is 1.14 bits per heavy atom. The molecule has 0 aliphatic carbocycles. The lowest BCUT2D eigenvalue weighted by molar-refractivity contribution is -0.124. The molecule has 0 spiro atoms. The second-order valence-electron chi connectivity index (χ2n) is 5.20. The molecule has 0 heterocycles. The monoisotopic (exact) mass is 284 g/mol. The van der Waals surface area contributed by atoms with Gasteiger partial charge in [-0.1, -0.05) is 30.3 Å². The third kappa shape index (κ3) is 3.61. The molecule has 0 radical (unpaired) electrons. The molecule has 0 aromatic heterocycles. The topological polar surface area (TPSA) is 52.6 Å². The fraction of sp³-hybridized carbons (Fsp3) is 0.235. The van der Waals surface area contributed by atoms with Crippen LogP contribution in [0.15, 0.2) is 48.5 Å². The molecule has 2 aromatic carbocycles. The summed E-state index contributed by atoms with van der Waals surface area (Å²) in [5.74, 6) is -0.429. The molecule has 0 aliphatic heterocycles. The zero-order valence-electron chi connectivity index (χ0n) is 12.5. The predicted octanol–water partition coefficient (Wildman–Crippen LogP) is 2.73. The zero-order valence-corrected chi connectivity index (χ0v) is 12.5. The highest BCUT2D eigenvalue weighted by molar-refractivity contribution is 5.95. The van der Waals surface area contributed by atoms with Crippen molar-refractivity contribution in [1.29, 1.82) is 0 Å². The van der Waals surface area contributed by atoms with Gasteiger partial charge < -0.3 is 15.3 Å². The van der Waals surface area contributed by atoms with Gasteiger partial charge in [-0.05, 0) is 36.2 Å². The number of aryl methyl sites for hydroxylation is 1. The summed E-state index contributed by atoms with van der Waals surface area (Å²) in [6, 6.07) is 14.7. The Morgan fingerprint density at radius 2 is 1.81 bits per heavy atom. The third-order valence-corrected chi connectivity index (χ3v) is 3.35. The Hall–Kier alpha value is -2.33. The van der Waals surface area contributed by atoms with E-state index in [2.05, 4.69) is 5.32 Å². The van der Waals surface area contributed by atoms with Crippen LogP contribution in [0.4, 0.5) is 11.4 Å². The van der Waals surface area contributed by atoms with E-state index in [0.717, 1.165) is 11.3 Å². The molecule has 4 nitrogen and oxygen atoms in total. The molecular weight excluding hydrogens is 264 g/mol. The first-order valence-electron chi connectivity index (χ1n) is 6.81. The Labute approximate surface area is 125 Å². The molecule has 1 atom stereocenters. The Morgan fingerprint density at radius 3 is 2.38 bits per heavy atom. The average molecular weight is 284 g/mol. The number of anilines is 2. The number of hydrogen-bond acceptors (Lipinski definition) is 3. The van der Waals surface area contributed by atoms with E-state index in [0.29, 0.717) is 11.3 Å². The van der Waals surface area contributed by atoms with Gasteiger partial charge in [0, 0.05) is 25.5 Å². The number of carbonyl (C=O) groups is 1. The van der Waals surface area contributed by atoms with E-state index in [4.69, 9.17) is 0 Å². The fourth-order valence-corrected chi connectivity index (χ4v) is 2.05. The van der Waals surface area contributed by atoms with E-state index in [-0.39, 0.29) is 0 Å². The number of nitrogens with zero attached hydrogens (tertiary/aromatic N) is 1. The molecule has 21 heavy (non-hydrogen) atoms. The summed E-state index contributed by atoms with van der Waals surface area (Å²) in [6.45, 7) is 1.93. The second kappa shape index (κ2) is 6.41. The van der Waals surface area contributed by atoms with Gasteiger partial charge in [0.15, 0.2) is 6.10 Å². The number of amides is 1. The first-order chi connectivity index (χ1) is 9.99. The SMILES string of the molecule is Cc1cc(N(C)C)ccc1NC(=O)C(O)c1ccccc1. The lowest BCUT2D eigenvalue weighted by Crippen LogP contribution is -2.21. The molecule has 0 bridgehead atoms. The maximum atomic E-state index is 12.1. The molecule has 1 unspecified atom stereocenters. The van der Waals surface area contributed by atoms with Gasteiger partial charge in [0.2, 0.25) is 0 Å². The largest absolute Gasteiger partial charge is 0.378 e. The van der Waals surface area contributed by atoms with Gasteiger partial charge in [-0.3, -0.25) is 4.79 Å². The summed E-state index contributed by atoms with van der Waals surface area (Å²) in [5.41, 5.74) is 3.31. The average Bonchev–Trinajstić information content (AvgIpc) is 2.49. The highest BCUT2D eigenvalue weighted by Crippen LogP contribution is 2.23. The van der Waals surface area contributed by atoms with Gasteiger partial charge >= 0.3 is 0 Å². The first kappa shape index (κ1) is 15.1. The first-order valence-corrected chi connectivity index (χ1v) is 6.81. The molecular formula is C17H20N2O2. The van der Waals surface area contributed by atoms with Gasteiger partial charge in [0.05, 0.1) is 0 Å². The lowest BCUT2D eigenvalue weighted by atomic mass is 10.1. The summed E-state index contributed by atoms with van der Waals surface area (Å²) in [4.78, 5) is 14.1. The second-order valence-corrected chi connectivity index (χ2v) is 5.20. The standard InChI is InChI=1S/C17H20N2O2/c1-12-11-14(19(2)3)9-10-15(12)18-17(21)16(20)13-7-5-4-6-8-13/h4-11,16,20H,1-3H3,(H,18,21). The van der Waals surface area contributed by atoms with Crippen molar-refractivity contribution in [2.24, 2.45) is 0 Å². The van der Waals surface area contributed by atoms with Gasteiger partial charge in [-0.2, -0.15) is 0 Å². The number of aliphatic hydroxyl groups is 1. The Balaban J connectivity index is 2.13. The summed E-state index contributed by atoms with van der Waals surface area (Å²) >= 11 is 0. The minimum absolute atomic E-state index is 0.429. The number of nitrogens with one attached hydrogen (secondary N) is 1. The van der Waals surface area contributed by atoms with Crippen molar-refractivity contribution in [1.82, 2.24) is 0 Å². The summed E-state index contributed by atoms with van der Waals surface area (Å²) < 4.78 is 0. The third-order valence-electron chi connectivity index (χ3n) is 3.35. The van der Waals surface area contributed by atoms with Crippen molar-refractivity contribution in [3.63, 3.8) is 0 Å². The van der Waals surface area contributed by atoms with Crippen molar-refractivity contribution in [3.05, 3.63) is 59.7 Å². The van der Waals surface area contributed by atoms with E-state index in [1.165, 1.54) is 0 Å². The van der Waals surface area contributed by atoms with E-state index < -0.39 is 12.0 Å². The molecule has 1 amide bonds. The molecule has 110 valence electrons. The zero-order chi connectivity index (χ0) is 15.4. The maximum absolute atomic E-state index is 12.1. The van der Waals surface area contributed by atoms with Gasteiger partial charge in [0.1, 0.15) is 0 Å². The van der Waals surface area contributed by atoms with Crippen molar-refractivity contribution >= 4 is 17.3 Å². The molecule has 0 aliphatic rings. The van der Waals surface area contributed by atoms with E-state index in [1.807, 2.05) is 50.2 Å². The molecule has 2 rings (SSSR count). The summed E-state index contributed by atoms with van der Waals surface area (Å²) in [5, 5.41) is 12.8. The van der Waals surface area contributed by atoms with E-state index in [9.17, 15) is 9.90 Å². The minimum Gasteiger partial charge on any atom is -0.378 e. The van der Waals surface area contributed by atoms with Gasteiger partial charge in [-0.25, -0.2) is 0 Å². The van der Waals surface area contributed by atoms with Crippen LogP contribution in [0.5, 0.6) is 0 Å². The minimum atomic E-state index is -1.17. The molecule has 2 N–H and O–H groups in total. The highest BCUT2D eigenvalue weighted by Gasteiger charge is 2.17. The van der Waals surface area contributed by atoms with Crippen molar-refractivity contribution < 1.29 is 9.90 Å². The van der Waals surface area contributed by atoms with Crippen molar-refractivity contribution in [2.75, 3.05) is 24.3 Å². The van der Waals surface area contributed by atoms with Crippen LogP contribution >= 0.6 is 0 Å². The number of hydrogen-bond donors (Lipinski definition) is 2. The van der Waals surface area contributed by atoms with E-state index in [1.54, 1.807) is 24.3 Å². The number of aliphatic hydroxyl groups excluding tert-OH is 1. The molecule has 0 saturated carbocycles. The van der Waals surface area contributed by atoms with Crippen LogP contribution in [0.1, 0.15) is 17.2 Å². The fourth-order valence-electron chi connectivity index (χ4n) is 2.05. The van der Waals surface area contributed by atoms with Crippen LogP contribution < -0.4 is 10.2 Å². The Kier molecular flexibility index (Phi) is 4.60. The normalized spacial score (nSPS) is 11.8. The lowest BCUT2D eigenvalue weighted by Gasteiger charge is -2.17. The smallest absolute Gasteiger partial charge is 0.257 e. The quantitative estimate of drug-likeness (QED) is 0.907. The number of rotatable bonds is 4. The van der Waals surface area contributed by atoms with Crippen molar-refractivity contribution in [2.45, 2.75) is 13.0 Å². The number of benzene rings is 2. The van der Waals surface area contributed by atoms with Crippen LogP contribution in [-0.2, 0) is 4.79 Å². The summed E-state index contributed by atoms with van der Waals surface area (Å²) in [6.07, 6.45) is -1.17. The molecule has 4 heteroatoms. The van der Waals surface area contributed by atoms with Crippen LogP contribution in [0, 0.1) is 6.92 Å². The van der Waals surface area contributed by atoms with Crippen LogP contribution in [-0.4, -0.2) is 25.1 Å². The van der Waals surface area contributed by atoms with Crippen LogP contribution in [0.25, 0.3) is 0 Å². The molecule has 2 aromatic rings. The predicted molar refractivity (Wildman–Crippen MR) is 85.5 cm³/mol. The molecule has 0 saturated heterocycles.